The summed E-state index contributed by atoms with van der Waals surface area (Å²) in [6, 6.07) is 0. The molecular weight excluding hydrogens is 274 g/mol. The van der Waals surface area contributed by atoms with Crippen LogP contribution in [0.3, 0.4) is 0 Å². The van der Waals surface area contributed by atoms with Crippen molar-refractivity contribution in [2.75, 3.05) is 32.9 Å². The van der Waals surface area contributed by atoms with E-state index in [2.05, 4.69) is 15.5 Å². The Balaban J connectivity index is 2.43. The first kappa shape index (κ1) is 14.7. The molecule has 0 spiro atoms. The third kappa shape index (κ3) is 2.46. The van der Waals surface area contributed by atoms with Gasteiger partial charge in [0.1, 0.15) is 9.71 Å². The van der Waals surface area contributed by atoms with Gasteiger partial charge in [0.2, 0.25) is 0 Å². The van der Waals surface area contributed by atoms with E-state index >= 15 is 0 Å². The zero-order valence-electron chi connectivity index (χ0n) is 12.1. The summed E-state index contributed by atoms with van der Waals surface area (Å²) in [5.41, 5.74) is 8.50. The fraction of sp³-hybridized carbons (Fsp3) is 0.462. The number of fused-ring (bicyclic) bond motifs is 1. The molecule has 3 N–H and O–H groups in total. The first-order chi connectivity index (χ1) is 9.47. The average Bonchev–Trinajstić information content (AvgIpc) is 2.77. The topological polar surface area (TPSA) is 84.1 Å². The highest BCUT2D eigenvalue weighted by Gasteiger charge is 2.22. The number of likely N-dealkylation sites (N-methyl/N-ethyl adjacent to an activating group) is 2. The third-order valence-electron chi connectivity index (χ3n) is 3.37. The summed E-state index contributed by atoms with van der Waals surface area (Å²) in [5, 5.41) is 12.1. The van der Waals surface area contributed by atoms with Gasteiger partial charge in [-0.15, -0.1) is 16.4 Å². The monoisotopic (exact) mass is 293 g/mol. The molecule has 0 radical (unpaired) electrons. The summed E-state index contributed by atoms with van der Waals surface area (Å²) in [5.74, 6) is -0.0715. The number of rotatable bonds is 4. The second kappa shape index (κ2) is 5.72. The van der Waals surface area contributed by atoms with Crippen LogP contribution in [0, 0.1) is 13.8 Å². The van der Waals surface area contributed by atoms with Crippen molar-refractivity contribution in [3.63, 3.8) is 0 Å². The minimum Gasteiger partial charge on any atom is -0.397 e. The number of anilines is 1. The van der Waals surface area contributed by atoms with Gasteiger partial charge in [0.25, 0.3) is 5.91 Å². The number of aromatic nitrogens is 2. The van der Waals surface area contributed by atoms with E-state index in [1.165, 1.54) is 11.3 Å². The van der Waals surface area contributed by atoms with Gasteiger partial charge in [-0.2, -0.15) is 5.10 Å². The van der Waals surface area contributed by atoms with Crippen molar-refractivity contribution in [1.82, 2.24) is 20.4 Å². The molecule has 0 aliphatic heterocycles. The van der Waals surface area contributed by atoms with E-state index in [-0.39, 0.29) is 5.91 Å². The van der Waals surface area contributed by atoms with Crippen LogP contribution < -0.4 is 11.1 Å². The van der Waals surface area contributed by atoms with Crippen molar-refractivity contribution in [2.24, 2.45) is 0 Å². The van der Waals surface area contributed by atoms with E-state index in [1.807, 2.05) is 20.9 Å². The lowest BCUT2D eigenvalue weighted by atomic mass is 10.1. The second-order valence-corrected chi connectivity index (χ2v) is 5.76. The summed E-state index contributed by atoms with van der Waals surface area (Å²) in [4.78, 5) is 15.3. The maximum absolute atomic E-state index is 12.4. The van der Waals surface area contributed by atoms with Crippen LogP contribution in [0.5, 0.6) is 0 Å². The Hall–Kier alpha value is -1.73. The molecule has 0 bridgehead atoms. The highest BCUT2D eigenvalue weighted by Crippen LogP contribution is 2.35. The van der Waals surface area contributed by atoms with Gasteiger partial charge in [-0.05, 0) is 26.5 Å². The Morgan fingerprint density at radius 1 is 1.40 bits per heavy atom. The van der Waals surface area contributed by atoms with Crippen molar-refractivity contribution in [1.29, 1.82) is 0 Å². The van der Waals surface area contributed by atoms with Gasteiger partial charge in [-0.3, -0.25) is 4.79 Å². The van der Waals surface area contributed by atoms with Crippen LogP contribution in [0.25, 0.3) is 10.2 Å². The van der Waals surface area contributed by atoms with Gasteiger partial charge < -0.3 is 16.0 Å². The van der Waals surface area contributed by atoms with Gasteiger partial charge >= 0.3 is 0 Å². The minimum atomic E-state index is -0.0715. The summed E-state index contributed by atoms with van der Waals surface area (Å²) >= 11 is 1.31. The first-order valence-electron chi connectivity index (χ1n) is 6.39. The number of carbonyl (C=O) groups excluding carboxylic acids is 1. The van der Waals surface area contributed by atoms with Crippen LogP contribution >= 0.6 is 11.3 Å². The van der Waals surface area contributed by atoms with Gasteiger partial charge in [-0.1, -0.05) is 0 Å². The number of hydrogen-bond donors (Lipinski definition) is 2. The van der Waals surface area contributed by atoms with Crippen molar-refractivity contribution >= 4 is 33.1 Å². The second-order valence-electron chi connectivity index (χ2n) is 4.77. The zero-order valence-corrected chi connectivity index (χ0v) is 13.0. The van der Waals surface area contributed by atoms with Gasteiger partial charge in [0, 0.05) is 25.5 Å². The highest BCUT2D eigenvalue weighted by molar-refractivity contribution is 7.21. The third-order valence-corrected chi connectivity index (χ3v) is 4.45. The van der Waals surface area contributed by atoms with Crippen molar-refractivity contribution < 1.29 is 4.79 Å². The Bertz CT molecular complexity index is 652. The summed E-state index contributed by atoms with van der Waals surface area (Å²) < 4.78 is 0. The number of carbonyl (C=O) groups is 1. The molecule has 108 valence electrons. The lowest BCUT2D eigenvalue weighted by Crippen LogP contribution is -2.32. The molecule has 0 aromatic carbocycles. The highest BCUT2D eigenvalue weighted by atomic mass is 32.1. The van der Waals surface area contributed by atoms with Crippen LogP contribution in [0.15, 0.2) is 0 Å². The molecule has 0 aliphatic carbocycles. The predicted octanol–water partition coefficient (Wildman–Crippen LogP) is 1.18. The largest absolute Gasteiger partial charge is 0.397 e. The van der Waals surface area contributed by atoms with E-state index < -0.39 is 0 Å². The fourth-order valence-electron chi connectivity index (χ4n) is 1.95. The van der Waals surface area contributed by atoms with Crippen LogP contribution in [-0.2, 0) is 0 Å². The molecule has 6 nitrogen and oxygen atoms in total. The lowest BCUT2D eigenvalue weighted by molar-refractivity contribution is 0.0802. The zero-order chi connectivity index (χ0) is 14.9. The van der Waals surface area contributed by atoms with Crippen molar-refractivity contribution in [3.8, 4) is 0 Å². The number of aryl methyl sites for hydroxylation is 2. The van der Waals surface area contributed by atoms with E-state index in [4.69, 9.17) is 5.73 Å². The SMILES string of the molecule is CNCCN(C)C(=O)c1sc2nnc(C)c(C)c2c1N. The molecule has 2 aromatic heterocycles. The average molecular weight is 293 g/mol. The van der Waals surface area contributed by atoms with Crippen LogP contribution in [-0.4, -0.2) is 48.2 Å². The number of nitrogens with two attached hydrogens (primary N) is 1. The molecule has 7 heteroatoms. The Morgan fingerprint density at radius 2 is 2.10 bits per heavy atom. The molecule has 0 unspecified atom stereocenters. The van der Waals surface area contributed by atoms with E-state index in [1.54, 1.807) is 11.9 Å². The van der Waals surface area contributed by atoms with Crippen LogP contribution in [0.4, 0.5) is 5.69 Å². The smallest absolute Gasteiger partial charge is 0.265 e. The number of hydrogen-bond acceptors (Lipinski definition) is 6. The van der Waals surface area contributed by atoms with E-state index in [0.29, 0.717) is 17.1 Å². The molecule has 2 aromatic rings. The summed E-state index contributed by atoms with van der Waals surface area (Å²) in [6.45, 7) is 5.21. The Morgan fingerprint density at radius 3 is 2.75 bits per heavy atom. The molecule has 0 saturated heterocycles. The van der Waals surface area contributed by atoms with Crippen LogP contribution in [0.1, 0.15) is 20.9 Å². The Kier molecular flexibility index (Phi) is 4.20. The molecule has 2 heterocycles. The lowest BCUT2D eigenvalue weighted by Gasteiger charge is -2.16. The number of nitrogen functional groups attached to an aromatic ring is 1. The normalized spacial score (nSPS) is 11.0. The fourth-order valence-corrected chi connectivity index (χ4v) is 3.05. The van der Waals surface area contributed by atoms with E-state index in [0.717, 1.165) is 28.0 Å². The molecule has 20 heavy (non-hydrogen) atoms. The van der Waals surface area contributed by atoms with Crippen molar-refractivity contribution in [3.05, 3.63) is 16.1 Å². The van der Waals surface area contributed by atoms with Gasteiger partial charge in [0.05, 0.1) is 11.4 Å². The maximum atomic E-state index is 12.4. The van der Waals surface area contributed by atoms with Gasteiger partial charge in [0.15, 0.2) is 0 Å². The Labute approximate surface area is 122 Å². The number of thiophene rings is 1. The molecule has 0 saturated carbocycles. The first-order valence-corrected chi connectivity index (χ1v) is 7.21. The standard InChI is InChI=1S/C13H19N5OS/c1-7-8(2)16-17-12-9(7)10(14)11(20-12)13(19)18(4)6-5-15-3/h15H,5-6,14H2,1-4H3. The minimum absolute atomic E-state index is 0.0715. The predicted molar refractivity (Wildman–Crippen MR) is 82.2 cm³/mol. The summed E-state index contributed by atoms with van der Waals surface area (Å²) in [7, 11) is 3.63. The number of nitrogens with zero attached hydrogens (tertiary/aromatic N) is 3. The van der Waals surface area contributed by atoms with E-state index in [9.17, 15) is 4.79 Å². The van der Waals surface area contributed by atoms with Crippen molar-refractivity contribution in [2.45, 2.75) is 13.8 Å². The molecule has 1 amide bonds. The maximum Gasteiger partial charge on any atom is 0.265 e. The van der Waals surface area contributed by atoms with Crippen LogP contribution in [0.2, 0.25) is 0 Å². The molecule has 0 fully saturated rings. The molecule has 0 aliphatic rings. The number of nitrogens with one attached hydrogen (secondary N) is 1. The molecule has 0 atom stereocenters. The number of amides is 1. The van der Waals surface area contributed by atoms with Gasteiger partial charge in [-0.25, -0.2) is 0 Å². The molecular formula is C13H19N5OS. The quantitative estimate of drug-likeness (QED) is 0.884. The summed E-state index contributed by atoms with van der Waals surface area (Å²) in [6.07, 6.45) is 0. The molecule has 2 rings (SSSR count).